The van der Waals surface area contributed by atoms with Crippen LogP contribution in [0.3, 0.4) is 0 Å². The van der Waals surface area contributed by atoms with Gasteiger partial charge in [0.2, 0.25) is 0 Å². The van der Waals surface area contributed by atoms with E-state index < -0.39 is 0 Å². The Kier molecular flexibility index (Phi) is 1.90. The zero-order valence-corrected chi connectivity index (χ0v) is 9.22. The monoisotopic (exact) mass is 210 g/mol. The van der Waals surface area contributed by atoms with Crippen molar-refractivity contribution >= 4 is 11.4 Å². The van der Waals surface area contributed by atoms with Gasteiger partial charge in [-0.2, -0.15) is 0 Å². The first-order valence-corrected chi connectivity index (χ1v) is 5.46. The minimum absolute atomic E-state index is 0.278. The summed E-state index contributed by atoms with van der Waals surface area (Å²) in [6.07, 6.45) is 8.40. The lowest BCUT2D eigenvalue weighted by molar-refractivity contribution is 0.844. The minimum atomic E-state index is 0.278. The Morgan fingerprint density at radius 2 is 2.00 bits per heavy atom. The van der Waals surface area contributed by atoms with Gasteiger partial charge in [0.15, 0.2) is 0 Å². The lowest BCUT2D eigenvalue weighted by Crippen LogP contribution is -2.37. The molecule has 0 aromatic heterocycles. The summed E-state index contributed by atoms with van der Waals surface area (Å²) in [4.78, 5) is 2.26. The van der Waals surface area contributed by atoms with Gasteiger partial charge in [-0.05, 0) is 6.07 Å². The van der Waals surface area contributed by atoms with Gasteiger partial charge in [0.1, 0.15) is 0 Å². The maximum atomic E-state index is 6.23. The molecule has 0 radical (unpaired) electrons. The summed E-state index contributed by atoms with van der Waals surface area (Å²) >= 11 is 0. The van der Waals surface area contributed by atoms with Crippen molar-refractivity contribution in [3.63, 3.8) is 0 Å². The van der Waals surface area contributed by atoms with E-state index in [1.165, 1.54) is 11.3 Å². The van der Waals surface area contributed by atoms with E-state index in [9.17, 15) is 0 Å². The van der Waals surface area contributed by atoms with Crippen LogP contribution >= 0.6 is 0 Å². The van der Waals surface area contributed by atoms with Crippen LogP contribution in [0, 0.1) is 0 Å². The van der Waals surface area contributed by atoms with Gasteiger partial charge in [-0.1, -0.05) is 42.5 Å². The molecule has 1 aromatic rings. The molecule has 1 heterocycles. The van der Waals surface area contributed by atoms with Gasteiger partial charge in [0.05, 0.1) is 6.04 Å². The summed E-state index contributed by atoms with van der Waals surface area (Å²) in [7, 11) is 2.11. The highest BCUT2D eigenvalue weighted by molar-refractivity contribution is 5.84. The first-order chi connectivity index (χ1) is 7.79. The molecule has 1 aliphatic carbocycles. The van der Waals surface area contributed by atoms with E-state index in [-0.39, 0.29) is 6.04 Å². The number of benzene rings is 1. The lowest BCUT2D eigenvalue weighted by Gasteiger charge is -2.36. The Bertz CT molecular complexity index is 523. The summed E-state index contributed by atoms with van der Waals surface area (Å²) in [5.74, 6) is 0. The standard InChI is InChI=1S/C14H14N2/c1-16-12-8-4-2-6-10(12)14(15)11-7-3-5-9-13(11)16/h2-9,12H,15H2,1H3. The summed E-state index contributed by atoms with van der Waals surface area (Å²) in [6, 6.07) is 8.56. The van der Waals surface area contributed by atoms with E-state index in [0.29, 0.717) is 0 Å². The van der Waals surface area contributed by atoms with Gasteiger partial charge < -0.3 is 10.6 Å². The van der Waals surface area contributed by atoms with Gasteiger partial charge in [0.25, 0.3) is 0 Å². The van der Waals surface area contributed by atoms with Crippen molar-refractivity contribution in [2.75, 3.05) is 11.9 Å². The maximum absolute atomic E-state index is 6.23. The number of rotatable bonds is 0. The van der Waals surface area contributed by atoms with Crippen LogP contribution in [0.4, 0.5) is 5.69 Å². The largest absolute Gasteiger partial charge is 0.398 e. The molecular formula is C14H14N2. The topological polar surface area (TPSA) is 29.3 Å². The molecular weight excluding hydrogens is 196 g/mol. The second kappa shape index (κ2) is 3.27. The Morgan fingerprint density at radius 1 is 1.19 bits per heavy atom. The Hall–Kier alpha value is -1.96. The number of fused-ring (bicyclic) bond motifs is 2. The zero-order valence-electron chi connectivity index (χ0n) is 9.22. The lowest BCUT2D eigenvalue weighted by atomic mass is 9.90. The van der Waals surface area contributed by atoms with Crippen molar-refractivity contribution in [2.45, 2.75) is 6.04 Å². The van der Waals surface area contributed by atoms with E-state index in [1.807, 2.05) is 12.1 Å². The molecule has 2 aliphatic rings. The molecule has 3 rings (SSSR count). The maximum Gasteiger partial charge on any atom is 0.0746 e. The number of para-hydroxylation sites is 1. The second-order valence-corrected chi connectivity index (χ2v) is 4.19. The van der Waals surface area contributed by atoms with E-state index in [2.05, 4.69) is 48.4 Å². The molecule has 0 bridgehead atoms. The fourth-order valence-electron chi connectivity index (χ4n) is 2.43. The molecule has 0 saturated heterocycles. The van der Waals surface area contributed by atoms with E-state index in [0.717, 1.165) is 11.3 Å². The molecule has 0 spiro atoms. The van der Waals surface area contributed by atoms with Gasteiger partial charge in [0, 0.05) is 29.6 Å². The molecule has 0 amide bonds. The highest BCUT2D eigenvalue weighted by atomic mass is 15.1. The molecule has 16 heavy (non-hydrogen) atoms. The SMILES string of the molecule is CN1c2ccccc2C(N)=C2C=CC=CC21. The number of hydrogen-bond acceptors (Lipinski definition) is 2. The average Bonchev–Trinajstić information content (AvgIpc) is 2.36. The summed E-state index contributed by atoms with van der Waals surface area (Å²) < 4.78 is 0. The highest BCUT2D eigenvalue weighted by Gasteiger charge is 2.27. The molecule has 2 nitrogen and oxygen atoms in total. The van der Waals surface area contributed by atoms with Crippen molar-refractivity contribution < 1.29 is 0 Å². The predicted octanol–water partition coefficient (Wildman–Crippen LogP) is 2.30. The molecule has 2 heteroatoms. The Morgan fingerprint density at radius 3 is 2.88 bits per heavy atom. The molecule has 0 fully saturated rings. The van der Waals surface area contributed by atoms with Crippen molar-refractivity contribution in [1.82, 2.24) is 0 Å². The summed E-state index contributed by atoms with van der Waals surface area (Å²) in [5.41, 5.74) is 10.7. The van der Waals surface area contributed by atoms with Crippen molar-refractivity contribution in [1.29, 1.82) is 0 Å². The van der Waals surface area contributed by atoms with E-state index in [4.69, 9.17) is 5.73 Å². The van der Waals surface area contributed by atoms with Crippen LogP contribution < -0.4 is 10.6 Å². The molecule has 1 unspecified atom stereocenters. The molecule has 1 aromatic carbocycles. The Labute approximate surface area is 95.4 Å². The van der Waals surface area contributed by atoms with Crippen LogP contribution in [0.25, 0.3) is 5.70 Å². The van der Waals surface area contributed by atoms with Gasteiger partial charge in [-0.25, -0.2) is 0 Å². The van der Waals surface area contributed by atoms with Gasteiger partial charge in [-0.3, -0.25) is 0 Å². The van der Waals surface area contributed by atoms with Crippen molar-refractivity contribution in [3.05, 3.63) is 59.7 Å². The normalized spacial score (nSPS) is 22.1. The predicted molar refractivity (Wildman–Crippen MR) is 68.0 cm³/mol. The third-order valence-corrected chi connectivity index (χ3v) is 3.30. The fraction of sp³-hybridized carbons (Fsp3) is 0.143. The fourth-order valence-corrected chi connectivity index (χ4v) is 2.43. The number of nitrogens with zero attached hydrogens (tertiary/aromatic N) is 1. The first-order valence-electron chi connectivity index (χ1n) is 5.46. The van der Waals surface area contributed by atoms with Crippen molar-refractivity contribution in [2.24, 2.45) is 5.73 Å². The van der Waals surface area contributed by atoms with Crippen LogP contribution in [0.1, 0.15) is 5.56 Å². The first kappa shape index (κ1) is 9.28. The molecule has 2 N–H and O–H groups in total. The zero-order chi connectivity index (χ0) is 11.1. The number of nitrogens with two attached hydrogens (primary N) is 1. The highest BCUT2D eigenvalue weighted by Crippen LogP contribution is 2.36. The van der Waals surface area contributed by atoms with Crippen LogP contribution in [0.15, 0.2) is 54.1 Å². The molecule has 1 atom stereocenters. The smallest absolute Gasteiger partial charge is 0.0746 e. The van der Waals surface area contributed by atoms with Gasteiger partial charge in [-0.15, -0.1) is 0 Å². The number of anilines is 1. The summed E-state index contributed by atoms with van der Waals surface area (Å²) in [5, 5.41) is 0. The van der Waals surface area contributed by atoms with Crippen LogP contribution in [0.5, 0.6) is 0 Å². The molecule has 1 aliphatic heterocycles. The Balaban J connectivity index is 2.26. The van der Waals surface area contributed by atoms with Crippen LogP contribution in [0.2, 0.25) is 0 Å². The minimum Gasteiger partial charge on any atom is -0.398 e. The number of allylic oxidation sites excluding steroid dienone is 2. The third-order valence-electron chi connectivity index (χ3n) is 3.30. The number of hydrogen-bond donors (Lipinski definition) is 1. The van der Waals surface area contributed by atoms with E-state index >= 15 is 0 Å². The third kappa shape index (κ3) is 1.13. The second-order valence-electron chi connectivity index (χ2n) is 4.19. The van der Waals surface area contributed by atoms with Gasteiger partial charge >= 0.3 is 0 Å². The molecule has 0 saturated carbocycles. The quantitative estimate of drug-likeness (QED) is 0.712. The summed E-state index contributed by atoms with van der Waals surface area (Å²) in [6.45, 7) is 0. The average molecular weight is 210 g/mol. The van der Waals surface area contributed by atoms with Crippen LogP contribution in [-0.4, -0.2) is 13.1 Å². The van der Waals surface area contributed by atoms with Crippen LogP contribution in [-0.2, 0) is 0 Å². The molecule has 80 valence electrons. The number of likely N-dealkylation sites (N-methyl/N-ethyl adjacent to an activating group) is 1. The van der Waals surface area contributed by atoms with Crippen molar-refractivity contribution in [3.8, 4) is 0 Å². The van der Waals surface area contributed by atoms with E-state index in [1.54, 1.807) is 0 Å².